The molecule has 0 bridgehead atoms. The Labute approximate surface area is 246 Å². The van der Waals surface area contributed by atoms with Gasteiger partial charge in [0, 0.05) is 21.3 Å². The summed E-state index contributed by atoms with van der Waals surface area (Å²) in [6.07, 6.45) is 3.84. The third-order valence-electron chi connectivity index (χ3n) is 5.70. The predicted molar refractivity (Wildman–Crippen MR) is 160 cm³/mol. The van der Waals surface area contributed by atoms with Crippen LogP contribution in [0.15, 0.2) is 78.2 Å². The van der Waals surface area contributed by atoms with Crippen LogP contribution < -0.4 is 14.8 Å². The molecule has 1 aliphatic heterocycles. The lowest BCUT2D eigenvalue weighted by atomic mass is 10.0. The predicted octanol–water partition coefficient (Wildman–Crippen LogP) is 7.37. The zero-order valence-corrected chi connectivity index (χ0v) is 23.9. The SMILES string of the molecule is C=CCc1cc(/C=C2\SC(=O)N(CC(=O)Nc3cccc(Cl)c3)C2=O)cc(OCC)c1OCc1ccc(Cl)cc1. The van der Waals surface area contributed by atoms with Gasteiger partial charge in [-0.25, -0.2) is 0 Å². The number of anilines is 1. The largest absolute Gasteiger partial charge is 0.490 e. The van der Waals surface area contributed by atoms with E-state index in [1.54, 1.807) is 54.6 Å². The highest BCUT2D eigenvalue weighted by molar-refractivity contribution is 8.18. The number of halogens is 2. The van der Waals surface area contributed by atoms with E-state index >= 15 is 0 Å². The molecule has 3 aromatic rings. The number of nitrogens with zero attached hydrogens (tertiary/aromatic N) is 1. The lowest BCUT2D eigenvalue weighted by Gasteiger charge is -2.17. The van der Waals surface area contributed by atoms with Gasteiger partial charge in [0.1, 0.15) is 13.2 Å². The number of amides is 3. The van der Waals surface area contributed by atoms with Crippen molar-refractivity contribution in [1.82, 2.24) is 4.90 Å². The minimum atomic E-state index is -0.553. The summed E-state index contributed by atoms with van der Waals surface area (Å²) >= 11 is 12.7. The summed E-state index contributed by atoms with van der Waals surface area (Å²) < 4.78 is 12.0. The second-order valence-corrected chi connectivity index (χ2v) is 10.5. The summed E-state index contributed by atoms with van der Waals surface area (Å²) in [4.78, 5) is 39.3. The van der Waals surface area contributed by atoms with E-state index in [0.29, 0.717) is 52.4 Å². The average Bonchev–Trinajstić information content (AvgIpc) is 3.16. The Morgan fingerprint density at radius 2 is 1.82 bits per heavy atom. The number of carbonyl (C=O) groups is 3. The van der Waals surface area contributed by atoms with E-state index < -0.39 is 23.6 Å². The van der Waals surface area contributed by atoms with Crippen molar-refractivity contribution in [3.8, 4) is 11.5 Å². The molecule has 3 amide bonds. The normalized spacial score (nSPS) is 14.0. The zero-order valence-electron chi connectivity index (χ0n) is 21.6. The molecule has 10 heteroatoms. The standard InChI is InChI=1S/C30H26Cl2N2O5S/c1-3-6-21-13-20(14-25(38-4-2)28(21)39-18-19-9-11-22(31)12-10-19)15-26-29(36)34(30(37)40-26)17-27(35)33-24-8-5-7-23(32)16-24/h3,5,7-16H,1,4,6,17-18H2,2H3,(H,33,35)/b26-15-. The summed E-state index contributed by atoms with van der Waals surface area (Å²) in [7, 11) is 0. The fourth-order valence-electron chi connectivity index (χ4n) is 3.93. The highest BCUT2D eigenvalue weighted by Crippen LogP contribution is 2.38. The zero-order chi connectivity index (χ0) is 28.6. The second-order valence-electron chi connectivity index (χ2n) is 8.67. The number of hydrogen-bond acceptors (Lipinski definition) is 6. The van der Waals surface area contributed by atoms with Gasteiger partial charge in [-0.1, -0.05) is 47.5 Å². The number of carbonyl (C=O) groups excluding carboxylic acids is 3. The molecule has 0 aliphatic carbocycles. The third kappa shape index (κ3) is 7.47. The van der Waals surface area contributed by atoms with Crippen LogP contribution in [-0.4, -0.2) is 35.1 Å². The minimum absolute atomic E-state index is 0.197. The number of hydrogen-bond donors (Lipinski definition) is 1. The van der Waals surface area contributed by atoms with Crippen LogP contribution >= 0.6 is 35.0 Å². The molecule has 0 radical (unpaired) electrons. The topological polar surface area (TPSA) is 84.9 Å². The van der Waals surface area contributed by atoms with Gasteiger partial charge >= 0.3 is 0 Å². The number of rotatable bonds is 11. The van der Waals surface area contributed by atoms with Gasteiger partial charge < -0.3 is 14.8 Å². The van der Waals surface area contributed by atoms with Crippen LogP contribution in [0, 0.1) is 0 Å². The van der Waals surface area contributed by atoms with E-state index in [9.17, 15) is 14.4 Å². The van der Waals surface area contributed by atoms with Gasteiger partial charge in [0.05, 0.1) is 11.5 Å². The van der Waals surface area contributed by atoms with E-state index in [1.807, 2.05) is 25.1 Å². The molecule has 1 N–H and O–H groups in total. The number of nitrogens with one attached hydrogen (secondary N) is 1. The van der Waals surface area contributed by atoms with Crippen molar-refractivity contribution in [2.75, 3.05) is 18.5 Å². The van der Waals surface area contributed by atoms with Crippen LogP contribution in [0.5, 0.6) is 11.5 Å². The van der Waals surface area contributed by atoms with Gasteiger partial charge in [0.15, 0.2) is 11.5 Å². The molecule has 1 saturated heterocycles. The quantitative estimate of drug-likeness (QED) is 0.184. The average molecular weight is 598 g/mol. The molecule has 1 aliphatic rings. The molecule has 0 atom stereocenters. The number of allylic oxidation sites excluding steroid dienone is 1. The molecule has 3 aromatic carbocycles. The molecule has 1 heterocycles. The second kappa shape index (κ2) is 13.6. The first-order valence-electron chi connectivity index (χ1n) is 12.4. The Bertz CT molecular complexity index is 1470. The molecular formula is C30H26Cl2N2O5S. The van der Waals surface area contributed by atoms with Crippen LogP contribution in [0.1, 0.15) is 23.6 Å². The van der Waals surface area contributed by atoms with Crippen LogP contribution in [0.25, 0.3) is 6.08 Å². The van der Waals surface area contributed by atoms with Gasteiger partial charge in [-0.3, -0.25) is 19.3 Å². The van der Waals surface area contributed by atoms with Crippen molar-refractivity contribution in [2.24, 2.45) is 0 Å². The Balaban J connectivity index is 1.54. The first-order valence-corrected chi connectivity index (χ1v) is 13.9. The van der Waals surface area contributed by atoms with E-state index in [1.165, 1.54) is 0 Å². The van der Waals surface area contributed by atoms with Crippen LogP contribution in [0.2, 0.25) is 10.0 Å². The highest BCUT2D eigenvalue weighted by Gasteiger charge is 2.36. The molecule has 206 valence electrons. The minimum Gasteiger partial charge on any atom is -0.490 e. The molecule has 1 fully saturated rings. The maximum atomic E-state index is 13.1. The first-order chi connectivity index (χ1) is 19.3. The van der Waals surface area contributed by atoms with Crippen molar-refractivity contribution >= 4 is 63.8 Å². The van der Waals surface area contributed by atoms with Gasteiger partial charge in [-0.15, -0.1) is 6.58 Å². The van der Waals surface area contributed by atoms with Gasteiger partial charge in [0.2, 0.25) is 5.91 Å². The Morgan fingerprint density at radius 1 is 1.05 bits per heavy atom. The molecule has 0 saturated carbocycles. The molecule has 7 nitrogen and oxygen atoms in total. The molecular weight excluding hydrogens is 571 g/mol. The fraction of sp³-hybridized carbons (Fsp3) is 0.167. The van der Waals surface area contributed by atoms with Gasteiger partial charge in [0.25, 0.3) is 11.1 Å². The Morgan fingerprint density at radius 3 is 2.52 bits per heavy atom. The summed E-state index contributed by atoms with van der Waals surface area (Å²) in [6, 6.07) is 17.6. The van der Waals surface area contributed by atoms with E-state index in [4.69, 9.17) is 32.7 Å². The first kappa shape index (κ1) is 29.3. The maximum Gasteiger partial charge on any atom is 0.294 e. The monoisotopic (exact) mass is 596 g/mol. The molecule has 0 spiro atoms. The molecule has 40 heavy (non-hydrogen) atoms. The van der Waals surface area contributed by atoms with Gasteiger partial charge in [-0.05, 0) is 84.8 Å². The maximum absolute atomic E-state index is 13.1. The van der Waals surface area contributed by atoms with Crippen LogP contribution in [-0.2, 0) is 22.6 Å². The van der Waals surface area contributed by atoms with E-state index in [-0.39, 0.29) is 4.91 Å². The highest BCUT2D eigenvalue weighted by atomic mass is 35.5. The Hall–Kier alpha value is -3.72. The van der Waals surface area contributed by atoms with E-state index in [2.05, 4.69) is 11.9 Å². The van der Waals surface area contributed by atoms with E-state index in [0.717, 1.165) is 27.8 Å². The van der Waals surface area contributed by atoms with Gasteiger partial charge in [-0.2, -0.15) is 0 Å². The van der Waals surface area contributed by atoms with Crippen molar-refractivity contribution in [1.29, 1.82) is 0 Å². The summed E-state index contributed by atoms with van der Waals surface area (Å²) in [6.45, 7) is 5.99. The number of imide groups is 1. The van der Waals surface area contributed by atoms with Crippen molar-refractivity contribution in [3.63, 3.8) is 0 Å². The van der Waals surface area contributed by atoms with Crippen molar-refractivity contribution in [3.05, 3.63) is 105 Å². The Kier molecular flexibility index (Phi) is 9.93. The van der Waals surface area contributed by atoms with Crippen molar-refractivity contribution in [2.45, 2.75) is 20.0 Å². The molecule has 0 aromatic heterocycles. The smallest absolute Gasteiger partial charge is 0.294 e. The summed E-state index contributed by atoms with van der Waals surface area (Å²) in [5.41, 5.74) is 2.86. The number of benzene rings is 3. The fourth-order valence-corrected chi connectivity index (χ4v) is 5.09. The number of ether oxygens (including phenoxy) is 2. The molecule has 0 unspecified atom stereocenters. The van der Waals surface area contributed by atoms with Crippen molar-refractivity contribution < 1.29 is 23.9 Å². The van der Waals surface area contributed by atoms with Crippen LogP contribution in [0.4, 0.5) is 10.5 Å². The van der Waals surface area contributed by atoms with Crippen LogP contribution in [0.3, 0.4) is 0 Å². The lowest BCUT2D eigenvalue weighted by Crippen LogP contribution is -2.36. The summed E-state index contributed by atoms with van der Waals surface area (Å²) in [5, 5.41) is 3.21. The molecule has 4 rings (SSSR count). The third-order valence-corrected chi connectivity index (χ3v) is 7.09. The summed E-state index contributed by atoms with van der Waals surface area (Å²) in [5.74, 6) is 0.00396. The number of thioether (sulfide) groups is 1. The lowest BCUT2D eigenvalue weighted by molar-refractivity contribution is -0.127.